The number of ketones is 1. The Bertz CT molecular complexity index is 1310. The van der Waals surface area contributed by atoms with Crippen LogP contribution in [-0.2, 0) is 28.7 Å². The normalized spacial score (nSPS) is 19.9. The summed E-state index contributed by atoms with van der Waals surface area (Å²) in [4.78, 5) is 52.3. The van der Waals surface area contributed by atoms with Crippen LogP contribution in [0.25, 0.3) is 6.08 Å². The van der Waals surface area contributed by atoms with Gasteiger partial charge < -0.3 is 9.47 Å². The maximum Gasteiger partial charge on any atom is 0.331 e. The monoisotopic (exact) mass is 585 g/mol. The number of thioether (sulfide) groups is 1. The Morgan fingerprint density at radius 2 is 1.83 bits per heavy atom. The van der Waals surface area contributed by atoms with Crippen molar-refractivity contribution in [3.8, 4) is 0 Å². The zero-order chi connectivity index (χ0) is 29.5. The number of halogens is 1. The maximum atomic E-state index is 14.9. The second-order valence-electron chi connectivity index (χ2n) is 10.2. The van der Waals surface area contributed by atoms with Crippen LogP contribution in [0.15, 0.2) is 42.1 Å². The van der Waals surface area contributed by atoms with Crippen molar-refractivity contribution in [2.45, 2.75) is 63.8 Å². The van der Waals surface area contributed by atoms with E-state index in [-0.39, 0.29) is 41.7 Å². The summed E-state index contributed by atoms with van der Waals surface area (Å²) in [6.45, 7) is 6.10. The van der Waals surface area contributed by atoms with Crippen molar-refractivity contribution in [2.24, 2.45) is 5.92 Å². The molecule has 0 N–H and O–H groups in total. The molecular weight excluding hydrogens is 549 g/mol. The first kappa shape index (κ1) is 30.6. The Hall–Kier alpha value is -3.31. The van der Waals surface area contributed by atoms with Crippen LogP contribution in [0.1, 0.15) is 69.8 Å². The Balaban J connectivity index is 1.64. The van der Waals surface area contributed by atoms with E-state index < -0.39 is 29.8 Å². The number of rotatable bonds is 12. The number of likely N-dealkylation sites (tertiary alicyclic amines) is 1. The average molecular weight is 586 g/mol. The van der Waals surface area contributed by atoms with E-state index in [1.54, 1.807) is 44.3 Å². The fourth-order valence-corrected chi connectivity index (χ4v) is 6.01. The van der Waals surface area contributed by atoms with Crippen molar-refractivity contribution in [1.82, 2.24) is 14.7 Å². The highest BCUT2D eigenvalue weighted by Crippen LogP contribution is 2.40. The van der Waals surface area contributed by atoms with E-state index in [9.17, 15) is 23.6 Å². The molecule has 2 aliphatic rings. The van der Waals surface area contributed by atoms with Gasteiger partial charge in [0, 0.05) is 42.9 Å². The molecule has 1 aliphatic carbocycles. The van der Waals surface area contributed by atoms with Gasteiger partial charge in [0.15, 0.2) is 16.9 Å². The van der Waals surface area contributed by atoms with Crippen molar-refractivity contribution in [2.75, 3.05) is 26.3 Å². The molecule has 3 unspecified atom stereocenters. The lowest BCUT2D eigenvalue weighted by atomic mass is 9.93. The summed E-state index contributed by atoms with van der Waals surface area (Å²) in [5.41, 5.74) is 1.75. The number of hydrogen-bond donors (Lipinski definition) is 0. The molecule has 2 aromatic rings. The van der Waals surface area contributed by atoms with E-state index in [2.05, 4.69) is 5.10 Å². The van der Waals surface area contributed by atoms with Gasteiger partial charge in [-0.1, -0.05) is 30.0 Å². The molecule has 9 nitrogen and oxygen atoms in total. The quantitative estimate of drug-likeness (QED) is 0.332. The van der Waals surface area contributed by atoms with Gasteiger partial charge in [-0.25, -0.2) is 9.18 Å². The number of aromatic nitrogens is 2. The fourth-order valence-electron chi connectivity index (χ4n) is 5.09. The molecule has 1 aromatic carbocycles. The summed E-state index contributed by atoms with van der Waals surface area (Å²) in [6, 6.07) is 6.40. The topological polar surface area (TPSA) is 108 Å². The van der Waals surface area contributed by atoms with Crippen LogP contribution in [-0.4, -0.2) is 69.1 Å². The van der Waals surface area contributed by atoms with Crippen LogP contribution in [0.2, 0.25) is 0 Å². The lowest BCUT2D eigenvalue weighted by Gasteiger charge is -2.38. The molecule has 1 aromatic heterocycles. The van der Waals surface area contributed by atoms with Crippen LogP contribution < -0.4 is 0 Å². The lowest BCUT2D eigenvalue weighted by molar-refractivity contribution is -0.154. The SMILES string of the molecule is CCOC(=O)CC(C(=O)OCC)n1ccc(/C=C2/CN(C(C(=O)C3CC3)c3ccccc3F)CCC2SC(C)=O)n1. The Labute approximate surface area is 243 Å². The van der Waals surface area contributed by atoms with E-state index in [0.29, 0.717) is 30.8 Å². The lowest BCUT2D eigenvalue weighted by Crippen LogP contribution is -2.43. The molecule has 0 radical (unpaired) electrons. The van der Waals surface area contributed by atoms with Gasteiger partial charge in [0.2, 0.25) is 0 Å². The van der Waals surface area contributed by atoms with E-state index in [1.807, 2.05) is 11.0 Å². The van der Waals surface area contributed by atoms with Crippen LogP contribution in [0.5, 0.6) is 0 Å². The zero-order valence-corrected chi connectivity index (χ0v) is 24.4. The van der Waals surface area contributed by atoms with Gasteiger partial charge in [0.25, 0.3) is 0 Å². The first-order chi connectivity index (χ1) is 19.7. The van der Waals surface area contributed by atoms with Crippen molar-refractivity contribution < 1.29 is 33.0 Å². The molecule has 0 bridgehead atoms. The zero-order valence-electron chi connectivity index (χ0n) is 23.6. The Kier molecular flexibility index (Phi) is 10.5. The van der Waals surface area contributed by atoms with Gasteiger partial charge in [-0.2, -0.15) is 5.10 Å². The highest BCUT2D eigenvalue weighted by atomic mass is 32.2. The number of esters is 2. The van der Waals surface area contributed by atoms with Crippen LogP contribution in [0.4, 0.5) is 4.39 Å². The maximum absolute atomic E-state index is 14.9. The second kappa shape index (κ2) is 14.0. The molecule has 1 aliphatic heterocycles. The summed E-state index contributed by atoms with van der Waals surface area (Å²) in [5, 5.41) is 4.36. The number of piperidine rings is 1. The van der Waals surface area contributed by atoms with Crippen LogP contribution in [0, 0.1) is 11.7 Å². The molecular formula is C30H36FN3O6S. The van der Waals surface area contributed by atoms with E-state index in [4.69, 9.17) is 9.47 Å². The number of ether oxygens (including phenoxy) is 2. The summed E-state index contributed by atoms with van der Waals surface area (Å²) in [6.07, 6.45) is 5.43. The Morgan fingerprint density at radius 3 is 2.49 bits per heavy atom. The van der Waals surface area contributed by atoms with E-state index in [1.165, 1.54) is 29.4 Å². The third kappa shape index (κ3) is 7.91. The number of carbonyl (C=O) groups is 4. The minimum atomic E-state index is -0.993. The molecule has 2 fully saturated rings. The van der Waals surface area contributed by atoms with Crippen LogP contribution in [0.3, 0.4) is 0 Å². The number of carbonyl (C=O) groups excluding carboxylic acids is 4. The standard InChI is InChI=1S/C30H36FN3O6S/c1-4-39-27(36)17-25(30(38)40-5-2)34-15-12-22(32-34)16-21-18-33(14-13-26(21)41-19(3)35)28(29(37)20-10-11-20)23-8-6-7-9-24(23)31/h6-9,12,15-16,20,25-26,28H,4-5,10-11,13-14,17-18H2,1-3H3/b21-16-. The van der Waals surface area contributed by atoms with Crippen molar-refractivity contribution in [3.63, 3.8) is 0 Å². The third-order valence-corrected chi connectivity index (χ3v) is 8.26. The number of nitrogens with zero attached hydrogens (tertiary/aromatic N) is 3. The molecule has 11 heteroatoms. The predicted molar refractivity (Wildman–Crippen MR) is 152 cm³/mol. The first-order valence-corrected chi connectivity index (χ1v) is 14.9. The third-order valence-electron chi connectivity index (χ3n) is 7.11. The molecule has 41 heavy (non-hydrogen) atoms. The van der Waals surface area contributed by atoms with Gasteiger partial charge in [-0.3, -0.25) is 24.0 Å². The molecule has 4 rings (SSSR count). The van der Waals surface area contributed by atoms with E-state index in [0.717, 1.165) is 18.4 Å². The fraction of sp³-hybridized carbons (Fsp3) is 0.500. The minimum absolute atomic E-state index is 0.0210. The van der Waals surface area contributed by atoms with Gasteiger partial charge >= 0.3 is 11.9 Å². The number of hydrogen-bond acceptors (Lipinski definition) is 9. The van der Waals surface area contributed by atoms with Gasteiger partial charge in [0.1, 0.15) is 5.82 Å². The van der Waals surface area contributed by atoms with E-state index >= 15 is 0 Å². The molecule has 1 saturated carbocycles. The highest BCUT2D eigenvalue weighted by Gasteiger charge is 2.41. The number of Topliss-reactive ketones (excluding diaryl/α,β-unsaturated/α-hetero) is 1. The summed E-state index contributed by atoms with van der Waals surface area (Å²) >= 11 is 1.22. The molecule has 0 amide bonds. The summed E-state index contributed by atoms with van der Waals surface area (Å²) < 4.78 is 26.5. The Morgan fingerprint density at radius 1 is 1.10 bits per heavy atom. The largest absolute Gasteiger partial charge is 0.466 e. The first-order valence-electron chi connectivity index (χ1n) is 14.0. The summed E-state index contributed by atoms with van der Waals surface area (Å²) in [5.74, 6) is -1.59. The smallest absolute Gasteiger partial charge is 0.331 e. The molecule has 220 valence electrons. The number of benzene rings is 1. The van der Waals surface area contributed by atoms with Gasteiger partial charge in [-0.05, 0) is 56.9 Å². The van der Waals surface area contributed by atoms with Crippen molar-refractivity contribution in [1.29, 1.82) is 0 Å². The van der Waals surface area contributed by atoms with Gasteiger partial charge in [0.05, 0.1) is 31.4 Å². The van der Waals surface area contributed by atoms with Crippen molar-refractivity contribution >= 4 is 40.7 Å². The van der Waals surface area contributed by atoms with Crippen LogP contribution >= 0.6 is 11.8 Å². The average Bonchev–Trinajstić information content (AvgIpc) is 3.69. The predicted octanol–water partition coefficient (Wildman–Crippen LogP) is 4.54. The van der Waals surface area contributed by atoms with Gasteiger partial charge in [-0.15, -0.1) is 0 Å². The second-order valence-corrected chi connectivity index (χ2v) is 11.6. The molecule has 0 spiro atoms. The molecule has 2 heterocycles. The minimum Gasteiger partial charge on any atom is -0.466 e. The highest BCUT2D eigenvalue weighted by molar-refractivity contribution is 8.14. The molecule has 1 saturated heterocycles. The summed E-state index contributed by atoms with van der Waals surface area (Å²) in [7, 11) is 0. The van der Waals surface area contributed by atoms with Crippen molar-refractivity contribution in [3.05, 3.63) is 59.2 Å². The molecule has 3 atom stereocenters.